The van der Waals surface area contributed by atoms with Crippen molar-refractivity contribution in [2.45, 2.75) is 38.1 Å². The van der Waals surface area contributed by atoms with Crippen LogP contribution in [0.3, 0.4) is 0 Å². The third-order valence-electron chi connectivity index (χ3n) is 10.3. The van der Waals surface area contributed by atoms with Crippen molar-refractivity contribution in [2.75, 3.05) is 100 Å². The zero-order valence-corrected chi connectivity index (χ0v) is 34.4. The van der Waals surface area contributed by atoms with E-state index < -0.39 is 5.41 Å². The molecule has 15 heteroatoms. The number of fused-ring (bicyclic) bond motifs is 3. The number of nitrogens with one attached hydrogen (secondary N) is 1. The Kier molecular flexibility index (Phi) is 19.8. The summed E-state index contributed by atoms with van der Waals surface area (Å²) in [6, 6.07) is 12.2. The highest BCUT2D eigenvalue weighted by Gasteiger charge is 2.33. The predicted octanol–water partition coefficient (Wildman–Crippen LogP) is 3.75. The normalized spacial score (nSPS) is 14.5. The van der Waals surface area contributed by atoms with Gasteiger partial charge in [0.25, 0.3) is 0 Å². The van der Waals surface area contributed by atoms with Crippen LogP contribution in [0.1, 0.15) is 32.1 Å². The number of ether oxygens (including phenoxy) is 5. The first-order chi connectivity index (χ1) is 28.3. The molecule has 0 saturated carbocycles. The van der Waals surface area contributed by atoms with E-state index in [0.717, 1.165) is 78.9 Å². The summed E-state index contributed by atoms with van der Waals surface area (Å²) in [5.74, 6) is 0.520. The van der Waals surface area contributed by atoms with Crippen LogP contribution in [0.4, 0.5) is 0 Å². The van der Waals surface area contributed by atoms with E-state index in [1.165, 1.54) is 5.39 Å². The van der Waals surface area contributed by atoms with Gasteiger partial charge in [-0.25, -0.2) is 4.98 Å². The number of likely N-dealkylation sites (N-methyl/N-ethyl adjacent to an activating group) is 2. The number of aryl methyl sites for hydroxylation is 1. The van der Waals surface area contributed by atoms with Crippen molar-refractivity contribution in [3.63, 3.8) is 0 Å². The van der Waals surface area contributed by atoms with Crippen molar-refractivity contribution >= 4 is 46.6 Å². The third-order valence-corrected chi connectivity index (χ3v) is 10.3. The van der Waals surface area contributed by atoms with Crippen LogP contribution >= 0.6 is 0 Å². The maximum absolute atomic E-state index is 11.4. The fourth-order valence-electron chi connectivity index (χ4n) is 6.80. The molecule has 1 fully saturated rings. The molecule has 4 aromatic rings. The lowest BCUT2D eigenvalue weighted by Crippen LogP contribution is -2.42. The number of amides is 1. The second-order valence-corrected chi connectivity index (χ2v) is 14.4. The van der Waals surface area contributed by atoms with Crippen LogP contribution < -0.4 is 10.1 Å². The van der Waals surface area contributed by atoms with Gasteiger partial charge in [0.15, 0.2) is 0 Å². The second kappa shape index (κ2) is 25.0. The Morgan fingerprint density at radius 2 is 1.48 bits per heavy atom. The number of piperidine rings is 1. The van der Waals surface area contributed by atoms with Crippen molar-refractivity contribution in [2.24, 2.45) is 12.5 Å². The lowest BCUT2D eigenvalue weighted by atomic mass is 9.77. The van der Waals surface area contributed by atoms with Gasteiger partial charge in [-0.3, -0.25) is 14.7 Å². The number of hydrogen-bond acceptors (Lipinski definition) is 13. The molecule has 1 N–H and O–H groups in total. The third kappa shape index (κ3) is 14.0. The molecule has 316 valence electrons. The fourth-order valence-corrected chi connectivity index (χ4v) is 6.80. The van der Waals surface area contributed by atoms with E-state index in [0.29, 0.717) is 84.6 Å². The lowest BCUT2D eigenvalue weighted by molar-refractivity contribution is -0.125. The molecule has 0 bridgehead atoms. The van der Waals surface area contributed by atoms with E-state index in [-0.39, 0.29) is 11.9 Å². The van der Waals surface area contributed by atoms with Gasteiger partial charge in [-0.1, -0.05) is 12.1 Å². The van der Waals surface area contributed by atoms with Crippen molar-refractivity contribution in [3.8, 4) is 17.0 Å². The van der Waals surface area contributed by atoms with Crippen molar-refractivity contribution < 1.29 is 42.9 Å². The Hall–Kier alpha value is -4.64. The second-order valence-electron chi connectivity index (χ2n) is 14.4. The van der Waals surface area contributed by atoms with E-state index in [1.807, 2.05) is 55.8 Å². The average Bonchev–Trinajstić information content (AvgIpc) is 3.53. The summed E-state index contributed by atoms with van der Waals surface area (Å²) in [6.45, 7) is 6.90. The number of benzene rings is 1. The molecular formula is C43H60N6O9. The number of rotatable bonds is 25. The summed E-state index contributed by atoms with van der Waals surface area (Å²) in [7, 11) is 7.32. The summed E-state index contributed by atoms with van der Waals surface area (Å²) >= 11 is 0. The van der Waals surface area contributed by atoms with E-state index in [2.05, 4.69) is 50.0 Å². The van der Waals surface area contributed by atoms with Gasteiger partial charge in [0.05, 0.1) is 64.4 Å². The summed E-state index contributed by atoms with van der Waals surface area (Å²) in [6.07, 6.45) is 11.0. The number of nitrogens with zero attached hydrogens (tertiary/aromatic N) is 5. The van der Waals surface area contributed by atoms with Crippen LogP contribution in [0.5, 0.6) is 5.88 Å². The molecule has 4 heterocycles. The molecule has 1 unspecified atom stereocenters. The Morgan fingerprint density at radius 3 is 2.07 bits per heavy atom. The SMILES string of the molecule is CNC(=O)C(CCC=O)N(C)C.Cn1c2ccncc2c2ccc(-c3ccc(OCCOCCOCCOCCOCCN4CCC(C=O)(CC=O)CC4)nc3)cc21. The minimum Gasteiger partial charge on any atom is -0.475 e. The predicted molar refractivity (Wildman–Crippen MR) is 222 cm³/mol. The molecule has 58 heavy (non-hydrogen) atoms. The van der Waals surface area contributed by atoms with Gasteiger partial charge < -0.3 is 52.9 Å². The molecule has 0 radical (unpaired) electrons. The monoisotopic (exact) mass is 804 g/mol. The van der Waals surface area contributed by atoms with Gasteiger partial charge >= 0.3 is 0 Å². The van der Waals surface area contributed by atoms with Crippen LogP contribution in [0, 0.1) is 5.41 Å². The van der Waals surface area contributed by atoms with E-state index in [1.54, 1.807) is 7.05 Å². The van der Waals surface area contributed by atoms with Crippen molar-refractivity contribution in [1.29, 1.82) is 0 Å². The Labute approximate surface area is 341 Å². The number of hydrogen-bond donors (Lipinski definition) is 1. The number of carbonyl (C=O) groups excluding carboxylic acids is 4. The Balaban J connectivity index is 0.000000538. The maximum Gasteiger partial charge on any atom is 0.237 e. The quantitative estimate of drug-likeness (QED) is 0.0762. The molecule has 3 aromatic heterocycles. The number of carbonyl (C=O) groups is 4. The highest BCUT2D eigenvalue weighted by atomic mass is 16.6. The topological polar surface area (TPSA) is 164 Å². The number of aromatic nitrogens is 3. The highest BCUT2D eigenvalue weighted by Crippen LogP contribution is 2.32. The van der Waals surface area contributed by atoms with Crippen LogP contribution in [-0.4, -0.2) is 155 Å². The maximum atomic E-state index is 11.4. The fraction of sp³-hybridized carbons (Fsp3) is 0.535. The van der Waals surface area contributed by atoms with Crippen LogP contribution in [0.15, 0.2) is 55.0 Å². The average molecular weight is 805 g/mol. The molecule has 1 aliphatic heterocycles. The summed E-state index contributed by atoms with van der Waals surface area (Å²) in [4.78, 5) is 56.3. The first-order valence-corrected chi connectivity index (χ1v) is 19.9. The first-order valence-electron chi connectivity index (χ1n) is 19.9. The molecule has 15 nitrogen and oxygen atoms in total. The molecule has 5 rings (SSSR count). The van der Waals surface area contributed by atoms with Crippen molar-refractivity contribution in [3.05, 3.63) is 55.0 Å². The molecule has 1 atom stereocenters. The van der Waals surface area contributed by atoms with E-state index in [4.69, 9.17) is 23.7 Å². The summed E-state index contributed by atoms with van der Waals surface area (Å²) < 4.78 is 30.3. The molecular weight excluding hydrogens is 745 g/mol. The number of pyridine rings is 2. The largest absolute Gasteiger partial charge is 0.475 e. The van der Waals surface area contributed by atoms with Gasteiger partial charge in [0, 0.05) is 85.4 Å². The van der Waals surface area contributed by atoms with Crippen LogP contribution in [0.2, 0.25) is 0 Å². The van der Waals surface area contributed by atoms with Gasteiger partial charge in [-0.2, -0.15) is 0 Å². The van der Waals surface area contributed by atoms with Crippen LogP contribution in [0.25, 0.3) is 32.9 Å². The van der Waals surface area contributed by atoms with E-state index >= 15 is 0 Å². The molecule has 1 aliphatic rings. The zero-order valence-electron chi connectivity index (χ0n) is 34.4. The Morgan fingerprint density at radius 1 is 0.828 bits per heavy atom. The molecule has 1 saturated heterocycles. The molecule has 1 aromatic carbocycles. The van der Waals surface area contributed by atoms with E-state index in [9.17, 15) is 19.2 Å². The molecule has 0 aliphatic carbocycles. The van der Waals surface area contributed by atoms with Crippen LogP contribution in [-0.2, 0) is 45.2 Å². The van der Waals surface area contributed by atoms with Gasteiger partial charge in [-0.05, 0) is 70.2 Å². The molecule has 0 spiro atoms. The van der Waals surface area contributed by atoms with Gasteiger partial charge in [-0.15, -0.1) is 0 Å². The van der Waals surface area contributed by atoms with Crippen molar-refractivity contribution in [1.82, 2.24) is 29.7 Å². The smallest absolute Gasteiger partial charge is 0.237 e. The highest BCUT2D eigenvalue weighted by molar-refractivity contribution is 6.08. The first kappa shape index (κ1) is 46.1. The van der Waals surface area contributed by atoms with Gasteiger partial charge in [0.2, 0.25) is 11.8 Å². The standard InChI is InChI=1S/C35H44N4O7.C8H16N2O2/c1-38-32-6-10-36-26-31(32)30-4-2-28(24-33(30)38)29-3-5-34(37-25-29)46-23-22-45-21-20-44-19-18-43-17-16-42-15-13-39-11-7-35(27-41,8-12-39)9-14-40;1-9-8(12)7(10(2)3)5-4-6-11/h2-6,10,14,24-27H,7-9,11-13,15-23H2,1H3;6-7H,4-5H2,1-3H3,(H,9,12). The molecule has 1 amide bonds. The minimum absolute atomic E-state index is 0.0400. The zero-order chi connectivity index (χ0) is 41.6. The minimum atomic E-state index is -0.461. The summed E-state index contributed by atoms with van der Waals surface area (Å²) in [5.41, 5.74) is 3.98. The lowest BCUT2D eigenvalue weighted by Gasteiger charge is -2.37. The number of aldehydes is 3. The summed E-state index contributed by atoms with van der Waals surface area (Å²) in [5, 5.41) is 4.90. The van der Waals surface area contributed by atoms with Gasteiger partial charge in [0.1, 0.15) is 25.5 Å². The number of likely N-dealkylation sites (tertiary alicyclic amines) is 1. The Bertz CT molecular complexity index is 1840.